The lowest BCUT2D eigenvalue weighted by Gasteiger charge is -2.06. The number of nitrogens with one attached hydrogen (secondary N) is 1. The van der Waals surface area contributed by atoms with Crippen LogP contribution in [-0.2, 0) is 6.54 Å². The minimum atomic E-state index is 0.711. The molecule has 0 saturated heterocycles. The van der Waals surface area contributed by atoms with Gasteiger partial charge >= 0.3 is 0 Å². The summed E-state index contributed by atoms with van der Waals surface area (Å²) in [5.74, 6) is 1.70. The zero-order valence-electron chi connectivity index (χ0n) is 14.3. The summed E-state index contributed by atoms with van der Waals surface area (Å²) in [7, 11) is 1.89. The van der Waals surface area contributed by atoms with Crippen LogP contribution in [0.2, 0.25) is 0 Å². The van der Waals surface area contributed by atoms with E-state index < -0.39 is 0 Å². The van der Waals surface area contributed by atoms with Gasteiger partial charge in [-0.25, -0.2) is 0 Å². The third-order valence-electron chi connectivity index (χ3n) is 3.82. The van der Waals surface area contributed by atoms with Gasteiger partial charge in [0.05, 0.1) is 12.3 Å². The van der Waals surface area contributed by atoms with E-state index in [1.165, 1.54) is 32.1 Å². The second kappa shape index (κ2) is 10.1. The maximum absolute atomic E-state index is 5.79. The molecule has 0 atom stereocenters. The van der Waals surface area contributed by atoms with Crippen molar-refractivity contribution in [2.24, 2.45) is 0 Å². The molecule has 0 bridgehead atoms. The maximum atomic E-state index is 5.79. The van der Waals surface area contributed by atoms with E-state index in [9.17, 15) is 0 Å². The first-order chi connectivity index (χ1) is 11.3. The fourth-order valence-electron chi connectivity index (χ4n) is 2.50. The van der Waals surface area contributed by atoms with Crippen molar-refractivity contribution in [1.29, 1.82) is 0 Å². The molecule has 1 aromatic heterocycles. The molecule has 0 amide bonds. The lowest BCUT2D eigenvalue weighted by atomic mass is 10.1. The molecule has 0 fully saturated rings. The second-order valence-electron chi connectivity index (χ2n) is 5.85. The zero-order valence-corrected chi connectivity index (χ0v) is 14.3. The van der Waals surface area contributed by atoms with Gasteiger partial charge in [0.2, 0.25) is 0 Å². The molecule has 0 unspecified atom stereocenters. The van der Waals surface area contributed by atoms with E-state index in [2.05, 4.69) is 17.4 Å². The average molecular weight is 316 g/mol. The van der Waals surface area contributed by atoms with Gasteiger partial charge in [-0.15, -0.1) is 0 Å². The summed E-state index contributed by atoms with van der Waals surface area (Å²) in [5.41, 5.74) is 1.93. The van der Waals surface area contributed by atoms with Crippen LogP contribution in [0, 0.1) is 0 Å². The van der Waals surface area contributed by atoms with Crippen LogP contribution in [0.15, 0.2) is 34.9 Å². The molecule has 0 radical (unpaired) electrons. The molecule has 1 N–H and O–H groups in total. The molecular weight excluding hydrogens is 288 g/mol. The van der Waals surface area contributed by atoms with Gasteiger partial charge in [-0.3, -0.25) is 0 Å². The van der Waals surface area contributed by atoms with Gasteiger partial charge < -0.3 is 14.6 Å². The number of hydrogen-bond acceptors (Lipinski definition) is 4. The molecule has 4 nitrogen and oxygen atoms in total. The average Bonchev–Trinajstić information content (AvgIpc) is 3.04. The van der Waals surface area contributed by atoms with Crippen molar-refractivity contribution in [1.82, 2.24) is 10.5 Å². The highest BCUT2D eigenvalue weighted by Gasteiger charge is 2.06. The van der Waals surface area contributed by atoms with Gasteiger partial charge in [-0.1, -0.05) is 44.2 Å². The number of unbranched alkanes of at least 4 members (excludes halogenated alkanes) is 5. The first kappa shape index (κ1) is 17.5. The molecule has 0 saturated carbocycles. The van der Waals surface area contributed by atoms with Crippen LogP contribution in [0.4, 0.5) is 0 Å². The summed E-state index contributed by atoms with van der Waals surface area (Å²) in [5, 5.41) is 7.09. The number of ether oxygens (including phenoxy) is 1. The Hall–Kier alpha value is -1.81. The van der Waals surface area contributed by atoms with Crippen LogP contribution < -0.4 is 10.1 Å². The van der Waals surface area contributed by atoms with E-state index in [1.807, 2.05) is 37.4 Å². The number of hydrogen-bond donors (Lipinski definition) is 1. The first-order valence-electron chi connectivity index (χ1n) is 8.67. The third-order valence-corrected chi connectivity index (χ3v) is 3.82. The van der Waals surface area contributed by atoms with E-state index in [0.29, 0.717) is 6.54 Å². The van der Waals surface area contributed by atoms with Crippen molar-refractivity contribution in [3.8, 4) is 17.1 Å². The van der Waals surface area contributed by atoms with E-state index in [0.717, 1.165) is 35.8 Å². The van der Waals surface area contributed by atoms with Gasteiger partial charge in [-0.2, -0.15) is 0 Å². The van der Waals surface area contributed by atoms with Gasteiger partial charge in [-0.05, 0) is 37.7 Å². The largest absolute Gasteiger partial charge is 0.494 e. The van der Waals surface area contributed by atoms with Crippen molar-refractivity contribution < 1.29 is 9.26 Å². The number of rotatable bonds is 11. The third kappa shape index (κ3) is 6.06. The molecule has 2 rings (SSSR count). The van der Waals surface area contributed by atoms with Crippen molar-refractivity contribution in [3.05, 3.63) is 36.0 Å². The van der Waals surface area contributed by atoms with Gasteiger partial charge in [0.25, 0.3) is 0 Å². The van der Waals surface area contributed by atoms with Crippen molar-refractivity contribution in [2.45, 2.75) is 52.0 Å². The number of benzene rings is 1. The second-order valence-corrected chi connectivity index (χ2v) is 5.85. The molecule has 2 aromatic rings. The van der Waals surface area contributed by atoms with Crippen molar-refractivity contribution >= 4 is 0 Å². The number of aromatic nitrogens is 1. The van der Waals surface area contributed by atoms with E-state index in [4.69, 9.17) is 9.26 Å². The Balaban J connectivity index is 1.73. The molecule has 0 aliphatic rings. The van der Waals surface area contributed by atoms with Crippen LogP contribution in [0.25, 0.3) is 11.3 Å². The van der Waals surface area contributed by atoms with Crippen molar-refractivity contribution in [3.63, 3.8) is 0 Å². The summed E-state index contributed by atoms with van der Waals surface area (Å²) in [6.45, 7) is 3.75. The molecule has 23 heavy (non-hydrogen) atoms. The fourth-order valence-corrected chi connectivity index (χ4v) is 2.50. The normalized spacial score (nSPS) is 10.9. The lowest BCUT2D eigenvalue weighted by molar-refractivity contribution is 0.304. The number of nitrogens with zero attached hydrogens (tertiary/aromatic N) is 1. The van der Waals surface area contributed by atoms with Crippen molar-refractivity contribution in [2.75, 3.05) is 13.7 Å². The molecule has 1 aromatic carbocycles. The topological polar surface area (TPSA) is 47.3 Å². The highest BCUT2D eigenvalue weighted by molar-refractivity contribution is 5.58. The molecule has 1 heterocycles. The monoisotopic (exact) mass is 316 g/mol. The Morgan fingerprint density at radius 3 is 2.52 bits per heavy atom. The zero-order chi connectivity index (χ0) is 16.3. The Kier molecular flexibility index (Phi) is 7.67. The summed E-state index contributed by atoms with van der Waals surface area (Å²) in [6, 6.07) is 9.97. The predicted octanol–water partition coefficient (Wildman–Crippen LogP) is 4.80. The van der Waals surface area contributed by atoms with Gasteiger partial charge in [0, 0.05) is 18.2 Å². The smallest absolute Gasteiger partial charge is 0.167 e. The standard InChI is InChI=1S/C19H28N2O2/c1-3-4-5-6-7-8-13-22-18-11-9-16(10-12-18)19-14-17(15-20-2)21-23-19/h9-12,14,20H,3-8,13,15H2,1-2H3. The van der Waals surface area contributed by atoms with E-state index in [-0.39, 0.29) is 0 Å². The Labute approximate surface area is 139 Å². The molecule has 0 aliphatic carbocycles. The van der Waals surface area contributed by atoms with Crippen LogP contribution in [0.1, 0.15) is 51.1 Å². The summed E-state index contributed by atoms with van der Waals surface area (Å²) >= 11 is 0. The van der Waals surface area contributed by atoms with Crippen LogP contribution in [0.3, 0.4) is 0 Å². The van der Waals surface area contributed by atoms with Crippen LogP contribution in [0.5, 0.6) is 5.75 Å². The first-order valence-corrected chi connectivity index (χ1v) is 8.67. The minimum absolute atomic E-state index is 0.711. The van der Waals surface area contributed by atoms with Crippen LogP contribution >= 0.6 is 0 Å². The minimum Gasteiger partial charge on any atom is -0.494 e. The molecule has 4 heteroatoms. The molecular formula is C19H28N2O2. The van der Waals surface area contributed by atoms with E-state index >= 15 is 0 Å². The Morgan fingerprint density at radius 1 is 1.04 bits per heavy atom. The van der Waals surface area contributed by atoms with Gasteiger partial charge in [0.15, 0.2) is 5.76 Å². The highest BCUT2D eigenvalue weighted by atomic mass is 16.5. The summed E-state index contributed by atoms with van der Waals surface area (Å²) in [6.07, 6.45) is 7.68. The Morgan fingerprint density at radius 2 is 1.78 bits per heavy atom. The summed E-state index contributed by atoms with van der Waals surface area (Å²) in [4.78, 5) is 0. The SMILES string of the molecule is CCCCCCCCOc1ccc(-c2cc(CNC)no2)cc1. The highest BCUT2D eigenvalue weighted by Crippen LogP contribution is 2.23. The molecule has 0 aliphatic heterocycles. The fraction of sp³-hybridized carbons (Fsp3) is 0.526. The lowest BCUT2D eigenvalue weighted by Crippen LogP contribution is -2.04. The predicted molar refractivity (Wildman–Crippen MR) is 93.6 cm³/mol. The maximum Gasteiger partial charge on any atom is 0.167 e. The Bertz CT molecular complexity index is 549. The van der Waals surface area contributed by atoms with E-state index in [1.54, 1.807) is 0 Å². The molecule has 0 spiro atoms. The summed E-state index contributed by atoms with van der Waals surface area (Å²) < 4.78 is 11.1. The quantitative estimate of drug-likeness (QED) is 0.605. The van der Waals surface area contributed by atoms with Gasteiger partial charge in [0.1, 0.15) is 5.75 Å². The molecule has 126 valence electrons. The van der Waals surface area contributed by atoms with Crippen LogP contribution in [-0.4, -0.2) is 18.8 Å².